The maximum atomic E-state index is 10.7. The van der Waals surface area contributed by atoms with Gasteiger partial charge in [0.2, 0.25) is 0 Å². The standard InChI is InChI=1S/CHF3O3S.2BrH/c2-1(3,4)8(5,6)7;;/h(H,5,6,7);2*1H. The van der Waals surface area contributed by atoms with E-state index in [1.807, 2.05) is 0 Å². The third kappa shape index (κ3) is 5.45. The van der Waals surface area contributed by atoms with Crippen LogP contribution in [0.1, 0.15) is 0 Å². The molecule has 0 fully saturated rings. The lowest BCUT2D eigenvalue weighted by atomic mass is 11.6. The quantitative estimate of drug-likeness (QED) is 0.545. The van der Waals surface area contributed by atoms with Crippen LogP contribution in [0, 0.1) is 0 Å². The second kappa shape index (κ2) is 4.52. The summed E-state index contributed by atoms with van der Waals surface area (Å²) >= 11 is 0. The minimum absolute atomic E-state index is 0. The minimum Gasteiger partial charge on any atom is -0.279 e. The van der Waals surface area contributed by atoms with Crippen LogP contribution in [0.25, 0.3) is 0 Å². The van der Waals surface area contributed by atoms with Crippen molar-refractivity contribution in [2.24, 2.45) is 0 Å². The molecule has 0 aliphatic carbocycles. The van der Waals surface area contributed by atoms with E-state index in [9.17, 15) is 13.2 Å². The van der Waals surface area contributed by atoms with Gasteiger partial charge in [-0.05, 0) is 0 Å². The van der Waals surface area contributed by atoms with Crippen LogP contribution in [-0.4, -0.2) is 18.5 Å². The van der Waals surface area contributed by atoms with E-state index in [1.165, 1.54) is 0 Å². The van der Waals surface area contributed by atoms with Gasteiger partial charge < -0.3 is 0 Å². The van der Waals surface area contributed by atoms with Crippen molar-refractivity contribution in [2.45, 2.75) is 5.51 Å². The first-order valence-corrected chi connectivity index (χ1v) is 2.73. The fourth-order valence-corrected chi connectivity index (χ4v) is 0. The van der Waals surface area contributed by atoms with Crippen LogP contribution >= 0.6 is 34.0 Å². The molecular weight excluding hydrogens is 309 g/mol. The summed E-state index contributed by atoms with van der Waals surface area (Å²) in [6, 6.07) is 0. The van der Waals surface area contributed by atoms with E-state index in [-0.39, 0.29) is 34.0 Å². The number of alkyl halides is 3. The smallest absolute Gasteiger partial charge is 0.279 e. The zero-order valence-corrected chi connectivity index (χ0v) is 8.36. The monoisotopic (exact) mass is 310 g/mol. The van der Waals surface area contributed by atoms with Crippen LogP contribution in [-0.2, 0) is 10.1 Å². The van der Waals surface area contributed by atoms with E-state index in [0.717, 1.165) is 0 Å². The zero-order valence-electron chi connectivity index (χ0n) is 4.12. The van der Waals surface area contributed by atoms with Gasteiger partial charge in [0.15, 0.2) is 0 Å². The summed E-state index contributed by atoms with van der Waals surface area (Å²) in [7, 11) is -5.84. The Morgan fingerprint density at radius 2 is 1.20 bits per heavy atom. The summed E-state index contributed by atoms with van der Waals surface area (Å²) in [6.45, 7) is 0. The van der Waals surface area contributed by atoms with Gasteiger partial charge in [-0.3, -0.25) is 4.55 Å². The van der Waals surface area contributed by atoms with Gasteiger partial charge in [-0.15, -0.1) is 34.0 Å². The molecule has 0 rings (SSSR count). The number of halogens is 5. The third-order valence-corrected chi connectivity index (χ3v) is 0.877. The summed E-state index contributed by atoms with van der Waals surface area (Å²) in [5.41, 5.74) is -5.53. The molecule has 9 heteroatoms. The number of hydrogen-bond donors (Lipinski definition) is 1. The molecule has 3 nitrogen and oxygen atoms in total. The Bertz CT molecular complexity index is 171. The molecule has 0 spiro atoms. The second-order valence-corrected chi connectivity index (χ2v) is 2.33. The highest BCUT2D eigenvalue weighted by Gasteiger charge is 2.44. The van der Waals surface area contributed by atoms with Crippen molar-refractivity contribution in [1.82, 2.24) is 0 Å². The van der Waals surface area contributed by atoms with Gasteiger partial charge >= 0.3 is 15.6 Å². The van der Waals surface area contributed by atoms with Gasteiger partial charge in [-0.2, -0.15) is 21.6 Å². The van der Waals surface area contributed by atoms with E-state index in [1.54, 1.807) is 0 Å². The first-order valence-electron chi connectivity index (χ1n) is 1.29. The molecule has 0 heterocycles. The highest BCUT2D eigenvalue weighted by Crippen LogP contribution is 2.20. The van der Waals surface area contributed by atoms with E-state index < -0.39 is 15.6 Å². The van der Waals surface area contributed by atoms with E-state index in [2.05, 4.69) is 0 Å². The zero-order chi connectivity index (χ0) is 7.00. The molecule has 0 aliphatic heterocycles. The summed E-state index contributed by atoms with van der Waals surface area (Å²) in [5.74, 6) is 0. The molecule has 0 bridgehead atoms. The van der Waals surface area contributed by atoms with E-state index in [4.69, 9.17) is 13.0 Å². The summed E-state index contributed by atoms with van der Waals surface area (Å²) in [5, 5.41) is 0. The molecule has 0 aromatic carbocycles. The molecule has 10 heavy (non-hydrogen) atoms. The van der Waals surface area contributed by atoms with Crippen molar-refractivity contribution < 1.29 is 26.1 Å². The van der Waals surface area contributed by atoms with Crippen LogP contribution in [0.2, 0.25) is 0 Å². The van der Waals surface area contributed by atoms with Crippen molar-refractivity contribution in [2.75, 3.05) is 0 Å². The molecule has 0 aromatic rings. The first-order chi connectivity index (χ1) is 3.25. The molecule has 66 valence electrons. The van der Waals surface area contributed by atoms with Gasteiger partial charge in [0, 0.05) is 0 Å². The summed E-state index contributed by atoms with van der Waals surface area (Å²) in [6.07, 6.45) is 0. The molecule has 0 saturated carbocycles. The Kier molecular flexibility index (Phi) is 7.66. The predicted octanol–water partition coefficient (Wildman–Crippen LogP) is 1.55. The maximum Gasteiger partial charge on any atom is 0.522 e. The molecular formula is CH3Br2F3O3S. The van der Waals surface area contributed by atoms with Crippen LogP contribution in [0.3, 0.4) is 0 Å². The topological polar surface area (TPSA) is 54.4 Å². The lowest BCUT2D eigenvalue weighted by Crippen LogP contribution is -2.21. The molecule has 0 atom stereocenters. The van der Waals surface area contributed by atoms with Crippen molar-refractivity contribution in [3.05, 3.63) is 0 Å². The normalized spacial score (nSPS) is 11.2. The van der Waals surface area contributed by atoms with Gasteiger partial charge in [-0.25, -0.2) is 0 Å². The lowest BCUT2D eigenvalue weighted by molar-refractivity contribution is -0.0510. The minimum atomic E-state index is -5.84. The number of rotatable bonds is 0. The average molecular weight is 312 g/mol. The van der Waals surface area contributed by atoms with Gasteiger partial charge in [0.25, 0.3) is 0 Å². The first kappa shape index (κ1) is 17.0. The second-order valence-electron chi connectivity index (χ2n) is 0.921. The highest BCUT2D eigenvalue weighted by molar-refractivity contribution is 8.93. The molecule has 0 unspecified atom stereocenters. The Labute approximate surface area is 75.9 Å². The van der Waals surface area contributed by atoms with Crippen LogP contribution in [0.4, 0.5) is 13.2 Å². The lowest BCUT2D eigenvalue weighted by Gasteiger charge is -1.97. The largest absolute Gasteiger partial charge is 0.522 e. The predicted molar refractivity (Wildman–Crippen MR) is 38.2 cm³/mol. The maximum absolute atomic E-state index is 10.7. The molecule has 0 aromatic heterocycles. The van der Waals surface area contributed by atoms with E-state index >= 15 is 0 Å². The Balaban J connectivity index is -0.000000245. The third-order valence-electron chi connectivity index (χ3n) is 0.292. The highest BCUT2D eigenvalue weighted by atomic mass is 79.9. The van der Waals surface area contributed by atoms with Crippen LogP contribution in [0.15, 0.2) is 0 Å². The summed E-state index contributed by atoms with van der Waals surface area (Å²) in [4.78, 5) is 0. The molecule has 0 radical (unpaired) electrons. The average Bonchev–Trinajstić information content (AvgIpc) is 1.25. The van der Waals surface area contributed by atoms with E-state index in [0.29, 0.717) is 0 Å². The Morgan fingerprint density at radius 1 is 1.10 bits per heavy atom. The van der Waals surface area contributed by atoms with Crippen molar-refractivity contribution >= 4 is 44.1 Å². The van der Waals surface area contributed by atoms with Crippen molar-refractivity contribution in [3.8, 4) is 0 Å². The molecule has 0 amide bonds. The van der Waals surface area contributed by atoms with Gasteiger partial charge in [0.1, 0.15) is 0 Å². The number of hydrogen-bond acceptors (Lipinski definition) is 2. The molecule has 0 saturated heterocycles. The fraction of sp³-hybridized carbons (Fsp3) is 1.00. The summed E-state index contributed by atoms with van der Waals surface area (Å²) < 4.78 is 57.5. The SMILES string of the molecule is Br.Br.O=S(=O)(O)C(F)(F)F. The Hall–Kier alpha value is 0.660. The van der Waals surface area contributed by atoms with Crippen molar-refractivity contribution in [3.63, 3.8) is 0 Å². The van der Waals surface area contributed by atoms with Crippen LogP contribution < -0.4 is 0 Å². The van der Waals surface area contributed by atoms with Crippen molar-refractivity contribution in [1.29, 1.82) is 0 Å². The molecule has 0 aliphatic rings. The fourth-order valence-electron chi connectivity index (χ4n) is 0. The van der Waals surface area contributed by atoms with Gasteiger partial charge in [0.05, 0.1) is 0 Å². The molecule has 1 N–H and O–H groups in total. The Morgan fingerprint density at radius 3 is 1.20 bits per heavy atom. The van der Waals surface area contributed by atoms with Crippen LogP contribution in [0.5, 0.6) is 0 Å². The van der Waals surface area contributed by atoms with Gasteiger partial charge in [-0.1, -0.05) is 0 Å².